The number of non-ortho nitro benzene ring substituents is 1. The van der Waals surface area contributed by atoms with Crippen molar-refractivity contribution in [2.45, 2.75) is 31.0 Å². The van der Waals surface area contributed by atoms with Crippen LogP contribution in [0.25, 0.3) is 0 Å². The fraction of sp³-hybridized carbons (Fsp3) is 0.333. The second kappa shape index (κ2) is 9.61. The highest BCUT2D eigenvalue weighted by atomic mass is 16.7. The lowest BCUT2D eigenvalue weighted by atomic mass is 9.84. The van der Waals surface area contributed by atoms with E-state index >= 15 is 0 Å². The molecule has 1 aliphatic rings. The smallest absolute Gasteiger partial charge is 0.304 e. The highest BCUT2D eigenvalue weighted by Gasteiger charge is 2.52. The second-order valence-corrected chi connectivity index (χ2v) is 7.04. The van der Waals surface area contributed by atoms with Crippen LogP contribution in [0.15, 0.2) is 53.5 Å². The van der Waals surface area contributed by atoms with Gasteiger partial charge in [-0.05, 0) is 25.1 Å². The van der Waals surface area contributed by atoms with Crippen LogP contribution < -0.4 is 14.8 Å². The molecule has 32 heavy (non-hydrogen) atoms. The first-order valence-electron chi connectivity index (χ1n) is 9.50. The average molecular weight is 442 g/mol. The quantitative estimate of drug-likeness (QED) is 0.131. The number of nitro groups is 1. The minimum absolute atomic E-state index is 0.211. The molecule has 3 rings (SSSR count). The third-order valence-corrected chi connectivity index (χ3v) is 5.01. The average Bonchev–Trinajstić information content (AvgIpc) is 2.78. The zero-order valence-electron chi connectivity index (χ0n) is 17.6. The topological polar surface area (TPSA) is 148 Å². The number of nitrogens with one attached hydrogen (secondary N) is 1. The van der Waals surface area contributed by atoms with Crippen LogP contribution in [-0.4, -0.2) is 48.3 Å². The van der Waals surface area contributed by atoms with Crippen molar-refractivity contribution in [1.82, 2.24) is 5.32 Å². The first-order valence-corrected chi connectivity index (χ1v) is 9.50. The number of nitro benzene ring substituents is 1. The molecule has 0 aliphatic carbocycles. The van der Waals surface area contributed by atoms with Crippen LogP contribution in [0.4, 0.5) is 5.69 Å². The highest BCUT2D eigenvalue weighted by molar-refractivity contribution is 5.78. The van der Waals surface area contributed by atoms with E-state index in [1.54, 1.807) is 43.4 Å². The van der Waals surface area contributed by atoms with Gasteiger partial charge in [-0.1, -0.05) is 18.2 Å². The highest BCUT2D eigenvalue weighted by Crippen LogP contribution is 2.45. The second-order valence-electron chi connectivity index (χ2n) is 7.04. The van der Waals surface area contributed by atoms with Crippen molar-refractivity contribution in [2.24, 2.45) is 4.99 Å². The molecule has 0 saturated carbocycles. The molecular weight excluding hydrogens is 420 g/mol. The third kappa shape index (κ3) is 4.47. The maximum absolute atomic E-state index is 11.3. The van der Waals surface area contributed by atoms with Crippen molar-refractivity contribution in [3.63, 3.8) is 0 Å². The number of aliphatic hydroxyl groups excluding tert-OH is 1. The van der Waals surface area contributed by atoms with E-state index in [9.17, 15) is 15.2 Å². The number of aliphatic imine (C=N–C) groups is 1. The number of benzene rings is 2. The number of amidine groups is 1. The van der Waals surface area contributed by atoms with Gasteiger partial charge in [0.25, 0.3) is 5.69 Å². The van der Waals surface area contributed by atoms with Gasteiger partial charge >= 0.3 is 6.02 Å². The van der Waals surface area contributed by atoms with Crippen LogP contribution in [0.2, 0.25) is 0 Å². The lowest BCUT2D eigenvalue weighted by Crippen LogP contribution is -2.59. The van der Waals surface area contributed by atoms with Gasteiger partial charge in [0.2, 0.25) is 0 Å². The molecule has 2 aromatic rings. The summed E-state index contributed by atoms with van der Waals surface area (Å²) in [5.74, 6) is 0.636. The Labute approximate surface area is 184 Å². The number of methoxy groups -OCH3 is 2. The molecule has 11 heteroatoms. The zero-order chi connectivity index (χ0) is 23.3. The number of hydrogen-bond acceptors (Lipinski definition) is 9. The van der Waals surface area contributed by atoms with Gasteiger partial charge in [-0.2, -0.15) is 5.26 Å². The number of ether oxygens (including phenoxy) is 4. The fourth-order valence-electron chi connectivity index (χ4n) is 3.50. The molecule has 3 atom stereocenters. The first-order chi connectivity index (χ1) is 15.3. The van der Waals surface area contributed by atoms with Crippen LogP contribution in [0.3, 0.4) is 0 Å². The molecule has 0 unspecified atom stereocenters. The number of nitrogens with zero attached hydrogens (tertiary/aromatic N) is 3. The number of rotatable bonds is 6. The Balaban J connectivity index is 2.13. The molecule has 0 spiro atoms. The fourth-order valence-corrected chi connectivity index (χ4v) is 3.50. The third-order valence-electron chi connectivity index (χ3n) is 5.01. The van der Waals surface area contributed by atoms with E-state index in [-0.39, 0.29) is 23.0 Å². The van der Waals surface area contributed by atoms with Crippen LogP contribution in [-0.2, 0) is 9.47 Å². The molecular formula is C21H22N4O7. The Hall–Kier alpha value is -3.72. The summed E-state index contributed by atoms with van der Waals surface area (Å²) >= 11 is 0. The summed E-state index contributed by atoms with van der Waals surface area (Å²) in [6.07, 6.45) is -0.655. The van der Waals surface area contributed by atoms with Crippen molar-refractivity contribution < 1.29 is 29.0 Å². The van der Waals surface area contributed by atoms with E-state index in [1.165, 1.54) is 32.4 Å². The van der Waals surface area contributed by atoms with Gasteiger partial charge in [-0.25, -0.2) is 10.3 Å². The number of nitriles is 1. The van der Waals surface area contributed by atoms with E-state index in [0.717, 1.165) is 0 Å². The Morgan fingerprint density at radius 1 is 1.31 bits per heavy atom. The molecule has 1 heterocycles. The summed E-state index contributed by atoms with van der Waals surface area (Å²) < 4.78 is 22.3. The van der Waals surface area contributed by atoms with E-state index < -0.39 is 29.0 Å². The largest absolute Gasteiger partial charge is 0.479 e. The van der Waals surface area contributed by atoms with Crippen LogP contribution in [0, 0.1) is 21.6 Å². The van der Waals surface area contributed by atoms with Crippen molar-refractivity contribution in [1.29, 1.82) is 5.26 Å². The summed E-state index contributed by atoms with van der Waals surface area (Å²) in [6.45, 7) is 1.57. The van der Waals surface area contributed by atoms with Crippen molar-refractivity contribution >= 4 is 11.7 Å². The van der Waals surface area contributed by atoms with Gasteiger partial charge in [0.1, 0.15) is 23.6 Å². The Morgan fingerprint density at radius 3 is 2.59 bits per heavy atom. The molecule has 168 valence electrons. The Kier molecular flexibility index (Phi) is 6.89. The van der Waals surface area contributed by atoms with Crippen molar-refractivity contribution in [3.05, 3.63) is 64.2 Å². The Bertz CT molecular complexity index is 1040. The summed E-state index contributed by atoms with van der Waals surface area (Å²) in [5, 5.41) is 34.1. The number of hydrogen-bond donors (Lipinski definition) is 2. The molecule has 0 aromatic heterocycles. The van der Waals surface area contributed by atoms with Gasteiger partial charge in [0.15, 0.2) is 18.1 Å². The molecule has 0 radical (unpaired) electrons. The molecule has 0 bridgehead atoms. The lowest BCUT2D eigenvalue weighted by Gasteiger charge is -2.45. The van der Waals surface area contributed by atoms with Crippen LogP contribution >= 0.6 is 0 Å². The molecule has 2 aromatic carbocycles. The van der Waals surface area contributed by atoms with Crippen molar-refractivity contribution in [3.8, 4) is 17.7 Å². The van der Waals surface area contributed by atoms with E-state index in [1.807, 2.05) is 0 Å². The minimum atomic E-state index is -1.44. The maximum Gasteiger partial charge on any atom is 0.304 e. The first kappa shape index (κ1) is 23.0. The SMILES string of the molecule is COC(OC)[C@]1(C)Oc2ccc([N+](=O)[O-])cc2[C@H](N=C(NC#N)Oc2ccccc2)[C@@H]1O. The predicted octanol–water partition coefficient (Wildman–Crippen LogP) is 2.27. The van der Waals surface area contributed by atoms with Gasteiger partial charge in [0.05, 0.1) is 4.92 Å². The standard InChI is InChI=1S/C21H22N4O7/c1-21(19(29-2)30-3)18(26)17(15-11-13(25(27)28)9-10-16(15)32-21)24-20(23-12-22)31-14-7-5-4-6-8-14/h4-11,17-19,26H,1-3H3,(H,23,24)/t17-,18-,21+/m0/s1. The van der Waals surface area contributed by atoms with Gasteiger partial charge in [0, 0.05) is 31.9 Å². The minimum Gasteiger partial charge on any atom is -0.479 e. The van der Waals surface area contributed by atoms with Crippen LogP contribution in [0.5, 0.6) is 11.5 Å². The monoisotopic (exact) mass is 442 g/mol. The number of aliphatic hydroxyl groups is 1. The summed E-state index contributed by atoms with van der Waals surface area (Å²) in [5.41, 5.74) is -1.41. The maximum atomic E-state index is 11.3. The molecule has 0 amide bonds. The molecule has 2 N–H and O–H groups in total. The van der Waals surface area contributed by atoms with Gasteiger partial charge < -0.3 is 24.1 Å². The van der Waals surface area contributed by atoms with E-state index in [4.69, 9.17) is 24.2 Å². The summed E-state index contributed by atoms with van der Waals surface area (Å²) in [6, 6.07) is 11.2. The predicted molar refractivity (Wildman–Crippen MR) is 112 cm³/mol. The van der Waals surface area contributed by atoms with Gasteiger partial charge in [-0.3, -0.25) is 10.1 Å². The lowest BCUT2D eigenvalue weighted by molar-refractivity contribution is -0.385. The van der Waals surface area contributed by atoms with Crippen molar-refractivity contribution in [2.75, 3.05) is 14.2 Å². The number of para-hydroxylation sites is 1. The molecule has 11 nitrogen and oxygen atoms in total. The van der Waals surface area contributed by atoms with E-state index in [2.05, 4.69) is 10.3 Å². The zero-order valence-corrected chi connectivity index (χ0v) is 17.6. The molecule has 1 aliphatic heterocycles. The van der Waals surface area contributed by atoms with Gasteiger partial charge in [-0.15, -0.1) is 0 Å². The van der Waals surface area contributed by atoms with E-state index in [0.29, 0.717) is 5.75 Å². The Morgan fingerprint density at radius 2 is 2.00 bits per heavy atom. The molecule has 0 fully saturated rings. The number of fused-ring (bicyclic) bond motifs is 1. The summed E-state index contributed by atoms with van der Waals surface area (Å²) in [4.78, 5) is 15.1. The van der Waals surface area contributed by atoms with Crippen LogP contribution in [0.1, 0.15) is 18.5 Å². The normalized spacial score (nSPS) is 22.4. The summed E-state index contributed by atoms with van der Waals surface area (Å²) in [7, 11) is 2.78. The molecule has 0 saturated heterocycles.